The topological polar surface area (TPSA) is 35.5 Å². The second-order valence-electron chi connectivity index (χ2n) is 8.84. The molecule has 0 aliphatic heterocycles. The third kappa shape index (κ3) is 6.16. The van der Waals surface area contributed by atoms with Gasteiger partial charge in [-0.2, -0.15) is 0 Å². The monoisotopic (exact) mass is 504 g/mol. The van der Waals surface area contributed by atoms with Crippen LogP contribution in [-0.2, 0) is 22.4 Å². The van der Waals surface area contributed by atoms with Gasteiger partial charge in [0.15, 0.2) is 6.10 Å². The van der Waals surface area contributed by atoms with Crippen LogP contribution in [0.5, 0.6) is 5.75 Å². The van der Waals surface area contributed by atoms with Gasteiger partial charge < -0.3 is 9.47 Å². The van der Waals surface area contributed by atoms with Crippen LogP contribution in [0, 0.1) is 0 Å². The Bertz CT molecular complexity index is 1420. The smallest absolute Gasteiger partial charge is 0.347 e. The molecule has 5 aromatic rings. The van der Waals surface area contributed by atoms with E-state index in [4.69, 9.17) is 9.47 Å². The minimum Gasteiger partial charge on any atom is -0.478 e. The Morgan fingerprint density at radius 2 is 1.27 bits per heavy atom. The van der Waals surface area contributed by atoms with Crippen molar-refractivity contribution >= 4 is 17.3 Å². The summed E-state index contributed by atoms with van der Waals surface area (Å²) in [6.45, 7) is 0. The first-order valence-corrected chi connectivity index (χ1v) is 13.2. The summed E-state index contributed by atoms with van der Waals surface area (Å²) in [5.74, 6) is 0.249. The van der Waals surface area contributed by atoms with Crippen molar-refractivity contribution in [3.63, 3.8) is 0 Å². The molecule has 4 aromatic carbocycles. The van der Waals surface area contributed by atoms with Crippen molar-refractivity contribution in [1.29, 1.82) is 0 Å². The second kappa shape index (κ2) is 11.7. The van der Waals surface area contributed by atoms with E-state index in [9.17, 15) is 4.79 Å². The highest BCUT2D eigenvalue weighted by Crippen LogP contribution is 2.32. The molecule has 0 saturated heterocycles. The van der Waals surface area contributed by atoms with Crippen molar-refractivity contribution in [2.75, 3.05) is 7.11 Å². The van der Waals surface area contributed by atoms with E-state index >= 15 is 0 Å². The standard InChI is InChI=1S/C33H28O3S/c1-35-33(34)31(22-24-8-4-2-5-9-24)36-29-18-16-27(17-19-29)26-12-14-28(15-13-26)30-20-21-37-32(30)23-25-10-6-3-7-11-25/h2-21,31H,22-23H2,1H3/t31-/m1/s1. The molecule has 1 heterocycles. The van der Waals surface area contributed by atoms with Crippen LogP contribution >= 0.6 is 11.3 Å². The highest BCUT2D eigenvalue weighted by Gasteiger charge is 2.22. The molecule has 1 atom stereocenters. The molecule has 3 nitrogen and oxygen atoms in total. The van der Waals surface area contributed by atoms with Crippen LogP contribution in [0.2, 0.25) is 0 Å². The van der Waals surface area contributed by atoms with E-state index in [1.807, 2.05) is 54.6 Å². The summed E-state index contributed by atoms with van der Waals surface area (Å²) in [5.41, 5.74) is 7.07. The van der Waals surface area contributed by atoms with E-state index in [1.54, 1.807) is 11.3 Å². The molecule has 0 aliphatic carbocycles. The van der Waals surface area contributed by atoms with Crippen molar-refractivity contribution in [2.45, 2.75) is 18.9 Å². The lowest BCUT2D eigenvalue weighted by atomic mass is 9.99. The van der Waals surface area contributed by atoms with Crippen LogP contribution < -0.4 is 4.74 Å². The number of thiophene rings is 1. The molecule has 0 aliphatic rings. The van der Waals surface area contributed by atoms with E-state index in [0.29, 0.717) is 12.2 Å². The Hall–Kier alpha value is -4.15. The maximum Gasteiger partial charge on any atom is 0.347 e. The summed E-state index contributed by atoms with van der Waals surface area (Å²) in [6.07, 6.45) is 0.688. The molecular formula is C33H28O3S. The zero-order valence-corrected chi connectivity index (χ0v) is 21.5. The van der Waals surface area contributed by atoms with E-state index in [0.717, 1.165) is 23.1 Å². The fourth-order valence-corrected chi connectivity index (χ4v) is 5.31. The zero-order chi connectivity index (χ0) is 25.5. The molecule has 1 aromatic heterocycles. The first-order chi connectivity index (χ1) is 18.2. The lowest BCUT2D eigenvalue weighted by Gasteiger charge is -2.17. The summed E-state index contributed by atoms with van der Waals surface area (Å²) in [7, 11) is 1.39. The number of carbonyl (C=O) groups is 1. The number of carbonyl (C=O) groups excluding carboxylic acids is 1. The van der Waals surface area contributed by atoms with Gasteiger partial charge in [0.25, 0.3) is 0 Å². The van der Waals surface area contributed by atoms with E-state index < -0.39 is 6.10 Å². The van der Waals surface area contributed by atoms with Gasteiger partial charge in [0.1, 0.15) is 5.75 Å². The highest BCUT2D eigenvalue weighted by molar-refractivity contribution is 7.10. The van der Waals surface area contributed by atoms with E-state index in [2.05, 4.69) is 66.0 Å². The summed E-state index contributed by atoms with van der Waals surface area (Å²) >= 11 is 1.80. The lowest BCUT2D eigenvalue weighted by Crippen LogP contribution is -2.30. The number of ether oxygens (including phenoxy) is 2. The Labute approximate surface area is 222 Å². The molecule has 0 spiro atoms. The Morgan fingerprint density at radius 3 is 1.89 bits per heavy atom. The normalized spacial score (nSPS) is 11.6. The van der Waals surface area contributed by atoms with Crippen LogP contribution in [0.1, 0.15) is 16.0 Å². The lowest BCUT2D eigenvalue weighted by molar-refractivity contribution is -0.148. The Morgan fingerprint density at radius 1 is 0.703 bits per heavy atom. The number of hydrogen-bond donors (Lipinski definition) is 0. The fourth-order valence-electron chi connectivity index (χ4n) is 4.38. The third-order valence-corrected chi connectivity index (χ3v) is 7.26. The largest absolute Gasteiger partial charge is 0.478 e. The van der Waals surface area contributed by atoms with Crippen molar-refractivity contribution in [2.24, 2.45) is 0 Å². The van der Waals surface area contributed by atoms with E-state index in [1.165, 1.54) is 28.7 Å². The highest BCUT2D eigenvalue weighted by atomic mass is 32.1. The Kier molecular flexibility index (Phi) is 7.78. The summed E-state index contributed by atoms with van der Waals surface area (Å²) in [5, 5.41) is 2.17. The van der Waals surface area contributed by atoms with Gasteiger partial charge >= 0.3 is 5.97 Å². The van der Waals surface area contributed by atoms with Crippen LogP contribution in [0.3, 0.4) is 0 Å². The average Bonchev–Trinajstić information content (AvgIpc) is 3.42. The first-order valence-electron chi connectivity index (χ1n) is 12.3. The third-order valence-electron chi connectivity index (χ3n) is 6.34. The molecule has 5 rings (SSSR count). The van der Waals surface area contributed by atoms with Crippen LogP contribution in [-0.4, -0.2) is 19.2 Å². The minimum atomic E-state index is -0.701. The van der Waals surface area contributed by atoms with Gasteiger partial charge in [0, 0.05) is 17.7 Å². The van der Waals surface area contributed by atoms with Gasteiger partial charge in [-0.3, -0.25) is 0 Å². The molecule has 0 N–H and O–H groups in total. The number of hydrogen-bond acceptors (Lipinski definition) is 4. The van der Waals surface area contributed by atoms with Gasteiger partial charge in [-0.05, 0) is 57.0 Å². The van der Waals surface area contributed by atoms with Crippen molar-refractivity contribution in [1.82, 2.24) is 0 Å². The van der Waals surface area contributed by atoms with Gasteiger partial charge in [-0.15, -0.1) is 11.3 Å². The fraction of sp³-hybridized carbons (Fsp3) is 0.121. The summed E-state index contributed by atoms with van der Waals surface area (Å²) in [4.78, 5) is 13.7. The SMILES string of the molecule is COC(=O)[C@@H](Cc1ccccc1)Oc1ccc(-c2ccc(-c3ccsc3Cc3ccccc3)cc2)cc1. The maximum atomic E-state index is 12.3. The van der Waals surface area contributed by atoms with Crippen LogP contribution in [0.4, 0.5) is 0 Å². The van der Waals surface area contributed by atoms with Gasteiger partial charge in [-0.1, -0.05) is 97.1 Å². The molecular weight excluding hydrogens is 476 g/mol. The number of methoxy groups -OCH3 is 1. The maximum absolute atomic E-state index is 12.3. The predicted molar refractivity (Wildman–Crippen MR) is 151 cm³/mol. The van der Waals surface area contributed by atoms with E-state index in [-0.39, 0.29) is 5.97 Å². The summed E-state index contributed by atoms with van der Waals surface area (Å²) < 4.78 is 11.0. The van der Waals surface area contributed by atoms with Crippen LogP contribution in [0.15, 0.2) is 121 Å². The number of benzene rings is 4. The quantitative estimate of drug-likeness (QED) is 0.192. The number of rotatable bonds is 9. The molecule has 37 heavy (non-hydrogen) atoms. The van der Waals surface area contributed by atoms with Crippen molar-refractivity contribution < 1.29 is 14.3 Å². The van der Waals surface area contributed by atoms with Crippen molar-refractivity contribution in [3.05, 3.63) is 137 Å². The minimum absolute atomic E-state index is 0.386. The molecule has 184 valence electrons. The molecule has 0 amide bonds. The molecule has 4 heteroatoms. The molecule has 0 bridgehead atoms. The zero-order valence-electron chi connectivity index (χ0n) is 20.7. The predicted octanol–water partition coefficient (Wildman–Crippen LogP) is 7.84. The molecule has 0 radical (unpaired) electrons. The number of esters is 1. The first kappa shape index (κ1) is 24.5. The average molecular weight is 505 g/mol. The molecule has 0 saturated carbocycles. The second-order valence-corrected chi connectivity index (χ2v) is 9.84. The van der Waals surface area contributed by atoms with Gasteiger partial charge in [0.05, 0.1) is 7.11 Å². The molecule has 0 unspecified atom stereocenters. The summed E-state index contributed by atoms with van der Waals surface area (Å²) in [6, 6.07) is 39.1. The van der Waals surface area contributed by atoms with Gasteiger partial charge in [0.2, 0.25) is 0 Å². The molecule has 0 fully saturated rings. The Balaban J connectivity index is 1.28. The van der Waals surface area contributed by atoms with Crippen LogP contribution in [0.25, 0.3) is 22.3 Å². The van der Waals surface area contributed by atoms with Crippen molar-refractivity contribution in [3.8, 4) is 28.0 Å². The van der Waals surface area contributed by atoms with Gasteiger partial charge in [-0.25, -0.2) is 4.79 Å².